The molecule has 160 valence electrons. The molecule has 0 radical (unpaired) electrons. The normalized spacial score (nSPS) is 15.8. The highest BCUT2D eigenvalue weighted by Crippen LogP contribution is 2.22. The zero-order valence-corrected chi connectivity index (χ0v) is 20.4. The minimum atomic E-state index is -0.0364. The molecule has 0 aromatic carbocycles. The van der Waals surface area contributed by atoms with E-state index in [4.69, 9.17) is 4.42 Å². The van der Waals surface area contributed by atoms with Gasteiger partial charge >= 0.3 is 0 Å². The number of aromatic nitrogens is 2. The van der Waals surface area contributed by atoms with Crippen molar-refractivity contribution in [3.63, 3.8) is 0 Å². The Morgan fingerprint density at radius 3 is 2.59 bits per heavy atom. The molecule has 8 heteroatoms. The van der Waals surface area contributed by atoms with Gasteiger partial charge in [0.05, 0.1) is 12.7 Å². The van der Waals surface area contributed by atoms with E-state index < -0.39 is 0 Å². The lowest BCUT2D eigenvalue weighted by molar-refractivity contribution is 0.379. The minimum Gasteiger partial charge on any atom is -0.443 e. The molecule has 0 saturated carbocycles. The fraction of sp³-hybridized carbons (Fsp3) is 0.571. The predicted octanol–water partition coefficient (Wildman–Crippen LogP) is 3.63. The van der Waals surface area contributed by atoms with Crippen molar-refractivity contribution in [2.75, 3.05) is 25.0 Å². The van der Waals surface area contributed by atoms with E-state index in [1.54, 1.807) is 7.05 Å². The van der Waals surface area contributed by atoms with Gasteiger partial charge in [0, 0.05) is 37.3 Å². The molecule has 29 heavy (non-hydrogen) atoms. The van der Waals surface area contributed by atoms with E-state index in [9.17, 15) is 0 Å². The fourth-order valence-electron chi connectivity index (χ4n) is 3.24. The van der Waals surface area contributed by atoms with Gasteiger partial charge in [0.15, 0.2) is 5.96 Å². The number of rotatable bonds is 4. The summed E-state index contributed by atoms with van der Waals surface area (Å²) in [5.74, 6) is 3.42. The SMILES string of the molecule is CN=C(NCc1ncc(C(C)(C)C)o1)NC1CCN(c2cccc(C)n2)CC1.I. The number of aliphatic imine (C=N–C) groups is 1. The molecule has 1 saturated heterocycles. The molecular weight excluding hydrogens is 479 g/mol. The molecule has 0 spiro atoms. The van der Waals surface area contributed by atoms with E-state index >= 15 is 0 Å². The van der Waals surface area contributed by atoms with Crippen LogP contribution >= 0.6 is 24.0 Å². The maximum Gasteiger partial charge on any atom is 0.213 e. The first kappa shape index (κ1) is 23.4. The van der Waals surface area contributed by atoms with Crippen LogP contribution in [0.2, 0.25) is 0 Å². The quantitative estimate of drug-likeness (QED) is 0.370. The van der Waals surface area contributed by atoms with Crippen LogP contribution in [0, 0.1) is 6.92 Å². The summed E-state index contributed by atoms with van der Waals surface area (Å²) < 4.78 is 5.84. The third kappa shape index (κ3) is 6.58. The number of nitrogens with zero attached hydrogens (tertiary/aromatic N) is 4. The summed E-state index contributed by atoms with van der Waals surface area (Å²) in [5.41, 5.74) is 1.02. The smallest absolute Gasteiger partial charge is 0.213 e. The summed E-state index contributed by atoms with van der Waals surface area (Å²) >= 11 is 0. The van der Waals surface area contributed by atoms with Gasteiger partial charge in [-0.15, -0.1) is 24.0 Å². The predicted molar refractivity (Wildman–Crippen MR) is 128 cm³/mol. The van der Waals surface area contributed by atoms with Gasteiger partial charge in [-0.2, -0.15) is 0 Å². The van der Waals surface area contributed by atoms with E-state index in [2.05, 4.69) is 63.4 Å². The van der Waals surface area contributed by atoms with Crippen LogP contribution in [-0.2, 0) is 12.0 Å². The molecule has 1 aliphatic heterocycles. The third-order valence-electron chi connectivity index (χ3n) is 4.96. The Morgan fingerprint density at radius 2 is 2.00 bits per heavy atom. The molecule has 0 amide bonds. The van der Waals surface area contributed by atoms with Crippen LogP contribution in [0.5, 0.6) is 0 Å². The molecule has 0 unspecified atom stereocenters. The van der Waals surface area contributed by atoms with Gasteiger partial charge in [0.25, 0.3) is 0 Å². The fourth-order valence-corrected chi connectivity index (χ4v) is 3.24. The Kier molecular flexibility index (Phi) is 8.30. The summed E-state index contributed by atoms with van der Waals surface area (Å²) in [6, 6.07) is 6.58. The highest BCUT2D eigenvalue weighted by atomic mass is 127. The lowest BCUT2D eigenvalue weighted by atomic mass is 9.94. The lowest BCUT2D eigenvalue weighted by Gasteiger charge is -2.33. The maximum atomic E-state index is 5.84. The van der Waals surface area contributed by atoms with E-state index in [1.165, 1.54) is 0 Å². The van der Waals surface area contributed by atoms with Crippen molar-refractivity contribution in [2.24, 2.45) is 4.99 Å². The standard InChI is InChI=1S/C21H32N6O.HI/c1-15-7-6-8-18(25-15)27-11-9-16(10-12-27)26-20(22-5)24-14-19-23-13-17(28-19)21(2,3)4;/h6-8,13,16H,9-12,14H2,1-5H3,(H2,22,24,26);1H. The van der Waals surface area contributed by atoms with Crippen LogP contribution in [0.25, 0.3) is 0 Å². The van der Waals surface area contributed by atoms with E-state index in [-0.39, 0.29) is 29.4 Å². The average Bonchev–Trinajstić information content (AvgIpc) is 3.15. The summed E-state index contributed by atoms with van der Waals surface area (Å²) in [5, 5.41) is 6.82. The van der Waals surface area contributed by atoms with Crippen molar-refractivity contribution >= 4 is 35.8 Å². The number of oxazole rings is 1. The van der Waals surface area contributed by atoms with E-state index in [0.717, 1.165) is 49.2 Å². The number of guanidine groups is 1. The van der Waals surface area contributed by atoms with Crippen molar-refractivity contribution in [1.29, 1.82) is 0 Å². The summed E-state index contributed by atoms with van der Waals surface area (Å²) in [4.78, 5) is 15.7. The van der Waals surface area contributed by atoms with Crippen LogP contribution in [0.4, 0.5) is 5.82 Å². The van der Waals surface area contributed by atoms with Crippen LogP contribution < -0.4 is 15.5 Å². The first-order valence-electron chi connectivity index (χ1n) is 9.96. The Hall–Kier alpha value is -1.84. The highest BCUT2D eigenvalue weighted by Gasteiger charge is 2.22. The maximum absolute atomic E-state index is 5.84. The highest BCUT2D eigenvalue weighted by molar-refractivity contribution is 14.0. The molecule has 7 nitrogen and oxygen atoms in total. The van der Waals surface area contributed by atoms with Crippen molar-refractivity contribution in [2.45, 2.75) is 58.5 Å². The van der Waals surface area contributed by atoms with E-state index in [0.29, 0.717) is 18.5 Å². The van der Waals surface area contributed by atoms with Crippen molar-refractivity contribution in [3.8, 4) is 0 Å². The molecule has 2 aromatic rings. The second-order valence-corrected chi connectivity index (χ2v) is 8.34. The number of aryl methyl sites for hydroxylation is 1. The molecule has 2 N–H and O–H groups in total. The first-order chi connectivity index (χ1) is 13.3. The lowest BCUT2D eigenvalue weighted by Crippen LogP contribution is -2.48. The number of hydrogen-bond acceptors (Lipinski definition) is 5. The Morgan fingerprint density at radius 1 is 1.28 bits per heavy atom. The van der Waals surface area contributed by atoms with Gasteiger partial charge in [-0.3, -0.25) is 4.99 Å². The number of pyridine rings is 1. The second kappa shape index (κ2) is 10.3. The minimum absolute atomic E-state index is 0. The first-order valence-corrected chi connectivity index (χ1v) is 9.96. The number of hydrogen-bond donors (Lipinski definition) is 2. The van der Waals surface area contributed by atoms with Gasteiger partial charge < -0.3 is 20.0 Å². The van der Waals surface area contributed by atoms with Crippen LogP contribution in [0.15, 0.2) is 33.8 Å². The molecule has 3 heterocycles. The van der Waals surface area contributed by atoms with Gasteiger partial charge in [0.2, 0.25) is 5.89 Å². The zero-order valence-electron chi connectivity index (χ0n) is 18.0. The Balaban J connectivity index is 0.00000300. The zero-order chi connectivity index (χ0) is 20.1. The average molecular weight is 512 g/mol. The summed E-state index contributed by atoms with van der Waals surface area (Å²) in [6.45, 7) is 10.9. The largest absolute Gasteiger partial charge is 0.443 e. The number of nitrogens with one attached hydrogen (secondary N) is 2. The molecule has 0 atom stereocenters. The van der Waals surface area contributed by atoms with Gasteiger partial charge in [0.1, 0.15) is 11.6 Å². The van der Waals surface area contributed by atoms with Crippen LogP contribution in [-0.4, -0.2) is 42.1 Å². The molecule has 1 aliphatic rings. The summed E-state index contributed by atoms with van der Waals surface area (Å²) in [6.07, 6.45) is 3.90. The monoisotopic (exact) mass is 512 g/mol. The molecule has 2 aromatic heterocycles. The number of halogens is 1. The molecule has 3 rings (SSSR count). The Bertz CT molecular complexity index is 805. The molecule has 0 bridgehead atoms. The number of piperidine rings is 1. The van der Waals surface area contributed by atoms with Crippen molar-refractivity contribution < 1.29 is 4.42 Å². The van der Waals surface area contributed by atoms with Crippen LogP contribution in [0.1, 0.15) is 51.0 Å². The van der Waals surface area contributed by atoms with Crippen molar-refractivity contribution in [3.05, 3.63) is 41.7 Å². The topological polar surface area (TPSA) is 78.6 Å². The van der Waals surface area contributed by atoms with E-state index in [1.807, 2.05) is 19.2 Å². The molecule has 1 fully saturated rings. The Labute approximate surface area is 190 Å². The molecule has 0 aliphatic carbocycles. The van der Waals surface area contributed by atoms with Gasteiger partial charge in [-0.25, -0.2) is 9.97 Å². The third-order valence-corrected chi connectivity index (χ3v) is 4.96. The van der Waals surface area contributed by atoms with Gasteiger partial charge in [-0.05, 0) is 31.9 Å². The molecular formula is C21H33IN6O. The second-order valence-electron chi connectivity index (χ2n) is 8.34. The van der Waals surface area contributed by atoms with Gasteiger partial charge in [-0.1, -0.05) is 26.8 Å². The van der Waals surface area contributed by atoms with Crippen molar-refractivity contribution in [1.82, 2.24) is 20.6 Å². The van der Waals surface area contributed by atoms with Crippen LogP contribution in [0.3, 0.4) is 0 Å². The number of anilines is 1. The summed E-state index contributed by atoms with van der Waals surface area (Å²) in [7, 11) is 1.79.